The predicted molar refractivity (Wildman–Crippen MR) is 118 cm³/mol. The van der Waals surface area contributed by atoms with Crippen molar-refractivity contribution in [2.75, 3.05) is 13.2 Å². The third-order valence-corrected chi connectivity index (χ3v) is 6.80. The van der Waals surface area contributed by atoms with Crippen molar-refractivity contribution in [1.29, 1.82) is 0 Å². The number of hydrogen-bond acceptors (Lipinski definition) is 7. The van der Waals surface area contributed by atoms with Crippen LogP contribution in [0.1, 0.15) is 17.7 Å². The van der Waals surface area contributed by atoms with Crippen LogP contribution in [0.3, 0.4) is 0 Å². The fourth-order valence-electron chi connectivity index (χ4n) is 3.46. The van der Waals surface area contributed by atoms with Gasteiger partial charge in [0.25, 0.3) is 5.56 Å². The smallest absolute Gasteiger partial charge is 0.332 e. The number of ether oxygens (including phenoxy) is 1. The van der Waals surface area contributed by atoms with Crippen LogP contribution >= 0.6 is 22.7 Å². The minimum absolute atomic E-state index is 0.0113. The Bertz CT molecular complexity index is 1190. The number of rotatable bonds is 8. The molecule has 1 aliphatic heterocycles. The molecule has 0 aromatic carbocycles. The molecule has 0 bridgehead atoms. The van der Waals surface area contributed by atoms with Crippen molar-refractivity contribution in [3.63, 3.8) is 0 Å². The van der Waals surface area contributed by atoms with E-state index in [0.29, 0.717) is 29.9 Å². The number of carbonyl (C=O) groups excluding carboxylic acids is 2. The van der Waals surface area contributed by atoms with E-state index in [1.807, 2.05) is 17.5 Å². The van der Waals surface area contributed by atoms with Crippen LogP contribution in [0.5, 0.6) is 0 Å². The molecular weight excluding hydrogens is 440 g/mol. The van der Waals surface area contributed by atoms with Gasteiger partial charge in [-0.1, -0.05) is 6.07 Å². The molecule has 0 radical (unpaired) electrons. The van der Waals surface area contributed by atoms with Crippen LogP contribution in [0.4, 0.5) is 0 Å². The molecule has 1 atom stereocenters. The summed E-state index contributed by atoms with van der Waals surface area (Å²) >= 11 is 2.68. The van der Waals surface area contributed by atoms with Crippen molar-refractivity contribution in [2.24, 2.45) is 0 Å². The van der Waals surface area contributed by atoms with Gasteiger partial charge < -0.3 is 15.4 Å². The molecule has 0 aliphatic carbocycles. The SMILES string of the molecule is O=C(Cn1c(=O)c2sccc2n(CC(=O)NC[C@@H]2CCCO2)c1=O)NCc1cccs1. The molecule has 1 aliphatic rings. The molecule has 4 heterocycles. The number of nitrogens with one attached hydrogen (secondary N) is 2. The first-order chi connectivity index (χ1) is 15.0. The number of carbonyl (C=O) groups is 2. The molecular formula is C20H22N4O5S2. The van der Waals surface area contributed by atoms with Gasteiger partial charge in [-0.3, -0.25) is 19.0 Å². The van der Waals surface area contributed by atoms with Crippen molar-refractivity contribution >= 4 is 44.7 Å². The Hall–Kier alpha value is -2.76. The molecule has 2 N–H and O–H groups in total. The van der Waals surface area contributed by atoms with Gasteiger partial charge in [0.1, 0.15) is 17.8 Å². The topological polar surface area (TPSA) is 111 Å². The van der Waals surface area contributed by atoms with Crippen molar-refractivity contribution in [2.45, 2.75) is 38.6 Å². The lowest BCUT2D eigenvalue weighted by molar-refractivity contribution is -0.122. The number of hydrogen-bond donors (Lipinski definition) is 2. The number of nitrogens with zero attached hydrogens (tertiary/aromatic N) is 2. The lowest BCUT2D eigenvalue weighted by Gasteiger charge is -2.14. The van der Waals surface area contributed by atoms with E-state index < -0.39 is 23.7 Å². The van der Waals surface area contributed by atoms with Gasteiger partial charge in [0.05, 0.1) is 18.2 Å². The highest BCUT2D eigenvalue weighted by Crippen LogP contribution is 2.15. The van der Waals surface area contributed by atoms with E-state index in [0.717, 1.165) is 22.3 Å². The van der Waals surface area contributed by atoms with Crippen LogP contribution in [0, 0.1) is 0 Å². The summed E-state index contributed by atoms with van der Waals surface area (Å²) in [6.45, 7) is 0.747. The van der Waals surface area contributed by atoms with E-state index in [2.05, 4.69) is 10.6 Å². The fraction of sp³-hybridized carbons (Fsp3) is 0.400. The summed E-state index contributed by atoms with van der Waals surface area (Å²) in [4.78, 5) is 51.6. The van der Waals surface area contributed by atoms with E-state index in [1.54, 1.807) is 11.4 Å². The van der Waals surface area contributed by atoms with Gasteiger partial charge in [-0.15, -0.1) is 22.7 Å². The maximum absolute atomic E-state index is 13.0. The van der Waals surface area contributed by atoms with Gasteiger partial charge >= 0.3 is 5.69 Å². The summed E-state index contributed by atoms with van der Waals surface area (Å²) in [5, 5.41) is 9.09. The molecule has 4 rings (SSSR count). The van der Waals surface area contributed by atoms with Gasteiger partial charge in [-0.05, 0) is 35.7 Å². The monoisotopic (exact) mass is 462 g/mol. The third-order valence-electron chi connectivity index (χ3n) is 5.03. The first-order valence-corrected chi connectivity index (χ1v) is 11.7. The summed E-state index contributed by atoms with van der Waals surface area (Å²) in [5.41, 5.74) is -0.825. The van der Waals surface area contributed by atoms with E-state index in [9.17, 15) is 19.2 Å². The summed E-state index contributed by atoms with van der Waals surface area (Å²) < 4.78 is 7.95. The second kappa shape index (κ2) is 9.58. The largest absolute Gasteiger partial charge is 0.376 e. The summed E-state index contributed by atoms with van der Waals surface area (Å²) in [6.07, 6.45) is 1.85. The van der Waals surface area contributed by atoms with Crippen LogP contribution in [0.15, 0.2) is 38.5 Å². The van der Waals surface area contributed by atoms with Crippen LogP contribution in [0.25, 0.3) is 10.2 Å². The first kappa shape index (κ1) is 21.5. The summed E-state index contributed by atoms with van der Waals surface area (Å²) in [5.74, 6) is -0.796. The zero-order valence-electron chi connectivity index (χ0n) is 16.7. The van der Waals surface area contributed by atoms with Crippen molar-refractivity contribution < 1.29 is 14.3 Å². The van der Waals surface area contributed by atoms with Crippen molar-refractivity contribution in [3.8, 4) is 0 Å². The Morgan fingerprint density at radius 3 is 2.61 bits per heavy atom. The lowest BCUT2D eigenvalue weighted by Crippen LogP contribution is -2.45. The molecule has 3 aromatic heterocycles. The summed E-state index contributed by atoms with van der Waals surface area (Å²) in [6, 6.07) is 5.40. The van der Waals surface area contributed by atoms with Gasteiger partial charge in [0.2, 0.25) is 11.8 Å². The molecule has 2 amide bonds. The van der Waals surface area contributed by atoms with E-state index >= 15 is 0 Å². The average Bonchev–Trinajstić information content (AvgIpc) is 3.53. The Morgan fingerprint density at radius 1 is 1.06 bits per heavy atom. The van der Waals surface area contributed by atoms with Gasteiger partial charge in [0.15, 0.2) is 0 Å². The minimum Gasteiger partial charge on any atom is -0.376 e. The van der Waals surface area contributed by atoms with Crippen LogP contribution in [-0.2, 0) is 34.0 Å². The average molecular weight is 463 g/mol. The number of aromatic nitrogens is 2. The summed E-state index contributed by atoms with van der Waals surface area (Å²) in [7, 11) is 0. The number of amides is 2. The van der Waals surface area contributed by atoms with Gasteiger partial charge in [-0.25, -0.2) is 9.36 Å². The second-order valence-corrected chi connectivity index (χ2v) is 9.14. The molecule has 11 heteroatoms. The van der Waals surface area contributed by atoms with Crippen molar-refractivity contribution in [3.05, 3.63) is 54.7 Å². The Kier molecular flexibility index (Phi) is 6.64. The van der Waals surface area contributed by atoms with Gasteiger partial charge in [-0.2, -0.15) is 0 Å². The van der Waals surface area contributed by atoms with Crippen LogP contribution < -0.4 is 21.9 Å². The quantitative estimate of drug-likeness (QED) is 0.517. The molecule has 0 saturated carbocycles. The maximum atomic E-state index is 13.0. The van der Waals surface area contributed by atoms with Crippen LogP contribution in [0.2, 0.25) is 0 Å². The normalized spacial score (nSPS) is 15.9. The Balaban J connectivity index is 1.52. The first-order valence-electron chi connectivity index (χ1n) is 9.91. The van der Waals surface area contributed by atoms with Crippen molar-refractivity contribution in [1.82, 2.24) is 19.8 Å². The van der Waals surface area contributed by atoms with E-state index in [4.69, 9.17) is 4.74 Å². The molecule has 164 valence electrons. The highest BCUT2D eigenvalue weighted by atomic mass is 32.1. The van der Waals surface area contributed by atoms with Gasteiger partial charge in [0, 0.05) is 18.0 Å². The molecule has 9 nitrogen and oxygen atoms in total. The lowest BCUT2D eigenvalue weighted by atomic mass is 10.2. The zero-order valence-corrected chi connectivity index (χ0v) is 18.3. The molecule has 0 unspecified atom stereocenters. The number of fused-ring (bicyclic) bond motifs is 1. The Labute approximate surface area is 185 Å². The second-order valence-electron chi connectivity index (χ2n) is 7.19. The Morgan fingerprint density at radius 2 is 1.87 bits per heavy atom. The molecule has 31 heavy (non-hydrogen) atoms. The van der Waals surface area contributed by atoms with E-state index in [-0.39, 0.29) is 18.6 Å². The minimum atomic E-state index is -0.686. The zero-order chi connectivity index (χ0) is 21.8. The maximum Gasteiger partial charge on any atom is 0.332 e. The molecule has 1 fully saturated rings. The number of thiophene rings is 2. The highest BCUT2D eigenvalue weighted by Gasteiger charge is 2.20. The third kappa shape index (κ3) is 4.94. The standard InChI is InChI=1S/C20H22N4O5S2/c25-16(21-9-13-3-1-6-29-13)11-23-15-5-8-31-18(15)19(27)24(20(23)28)12-17(26)22-10-14-4-2-7-30-14/h2,4-5,7-8,13H,1,3,6,9-12H2,(H,21,25)(H,22,26)/t13-/m0/s1. The molecule has 1 saturated heterocycles. The molecule has 3 aromatic rings. The fourth-order valence-corrected chi connectivity index (χ4v) is 4.94. The van der Waals surface area contributed by atoms with E-state index in [1.165, 1.54) is 27.2 Å². The highest BCUT2D eigenvalue weighted by molar-refractivity contribution is 7.17. The molecule has 0 spiro atoms. The predicted octanol–water partition coefficient (Wildman–Crippen LogP) is 0.898. The van der Waals surface area contributed by atoms with Crippen LogP contribution in [-0.4, -0.2) is 40.2 Å².